The number of aromatic nitrogens is 1. The summed E-state index contributed by atoms with van der Waals surface area (Å²) in [4.78, 5) is 11.5. The molecule has 0 unspecified atom stereocenters. The highest BCUT2D eigenvalue weighted by Crippen LogP contribution is 2.19. The summed E-state index contributed by atoms with van der Waals surface area (Å²) in [5, 5.41) is 0. The van der Waals surface area contributed by atoms with Crippen LogP contribution in [0.5, 0.6) is 0 Å². The van der Waals surface area contributed by atoms with Crippen molar-refractivity contribution in [3.05, 3.63) is 48.2 Å². The summed E-state index contributed by atoms with van der Waals surface area (Å²) < 4.78 is 6.98. The predicted molar refractivity (Wildman–Crippen MR) is 66.8 cm³/mol. The van der Waals surface area contributed by atoms with Gasteiger partial charge in [0.15, 0.2) is 0 Å². The van der Waals surface area contributed by atoms with Crippen LogP contribution in [0.2, 0.25) is 0 Å². The molecule has 88 valence electrons. The molecular formula is C14H15NO2. The van der Waals surface area contributed by atoms with E-state index in [1.54, 1.807) is 19.1 Å². The molecule has 0 aliphatic carbocycles. The van der Waals surface area contributed by atoms with Crippen LogP contribution in [-0.2, 0) is 11.8 Å². The smallest absolute Gasteiger partial charge is 0.338 e. The van der Waals surface area contributed by atoms with E-state index < -0.39 is 0 Å². The van der Waals surface area contributed by atoms with Crippen molar-refractivity contribution in [3.63, 3.8) is 0 Å². The predicted octanol–water partition coefficient (Wildman–Crippen LogP) is 2.87. The van der Waals surface area contributed by atoms with Crippen molar-refractivity contribution in [2.45, 2.75) is 6.92 Å². The standard InChI is InChI=1S/C14H15NO2/c1-3-17-14(16)12-8-6-11(7-9-12)13-5-4-10-15(13)2/h4-10H,3H2,1-2H3. The molecule has 3 nitrogen and oxygen atoms in total. The van der Waals surface area contributed by atoms with Crippen molar-refractivity contribution in [3.8, 4) is 11.3 Å². The third kappa shape index (κ3) is 2.38. The highest BCUT2D eigenvalue weighted by atomic mass is 16.5. The van der Waals surface area contributed by atoms with Gasteiger partial charge in [0, 0.05) is 18.9 Å². The van der Waals surface area contributed by atoms with E-state index in [2.05, 4.69) is 0 Å². The molecule has 1 aromatic heterocycles. The molecule has 0 aliphatic rings. The van der Waals surface area contributed by atoms with Crippen LogP contribution < -0.4 is 0 Å². The molecule has 0 N–H and O–H groups in total. The van der Waals surface area contributed by atoms with Crippen molar-refractivity contribution in [1.82, 2.24) is 4.57 Å². The van der Waals surface area contributed by atoms with Crippen LogP contribution in [0.25, 0.3) is 11.3 Å². The second kappa shape index (κ2) is 4.87. The Kier molecular flexibility index (Phi) is 3.28. The molecule has 0 saturated carbocycles. The third-order valence-corrected chi connectivity index (χ3v) is 2.64. The van der Waals surface area contributed by atoms with Gasteiger partial charge in [0.1, 0.15) is 0 Å². The molecule has 1 heterocycles. The van der Waals surface area contributed by atoms with Gasteiger partial charge in [0.25, 0.3) is 0 Å². The zero-order chi connectivity index (χ0) is 12.3. The van der Waals surface area contributed by atoms with Crippen molar-refractivity contribution >= 4 is 5.97 Å². The normalized spacial score (nSPS) is 10.2. The molecule has 2 rings (SSSR count). The summed E-state index contributed by atoms with van der Waals surface area (Å²) in [7, 11) is 1.99. The molecule has 0 spiro atoms. The Balaban J connectivity index is 2.25. The van der Waals surface area contributed by atoms with Gasteiger partial charge < -0.3 is 9.30 Å². The minimum absolute atomic E-state index is 0.272. The fourth-order valence-electron chi connectivity index (χ4n) is 1.75. The molecule has 0 fully saturated rings. The Morgan fingerprint density at radius 1 is 1.24 bits per heavy atom. The molecular weight excluding hydrogens is 214 g/mol. The topological polar surface area (TPSA) is 31.2 Å². The van der Waals surface area contributed by atoms with Gasteiger partial charge in [0.05, 0.1) is 12.2 Å². The zero-order valence-corrected chi connectivity index (χ0v) is 10.0. The summed E-state index contributed by atoms with van der Waals surface area (Å²) in [6.07, 6.45) is 1.99. The minimum atomic E-state index is -0.272. The molecule has 2 aromatic rings. The summed E-state index contributed by atoms with van der Waals surface area (Å²) in [5.41, 5.74) is 2.80. The Morgan fingerprint density at radius 2 is 1.94 bits per heavy atom. The third-order valence-electron chi connectivity index (χ3n) is 2.64. The maximum absolute atomic E-state index is 11.5. The number of hydrogen-bond donors (Lipinski definition) is 0. The number of hydrogen-bond acceptors (Lipinski definition) is 2. The van der Waals surface area contributed by atoms with E-state index in [1.807, 2.05) is 42.1 Å². The first-order valence-electron chi connectivity index (χ1n) is 5.61. The molecule has 0 saturated heterocycles. The molecule has 0 radical (unpaired) electrons. The maximum Gasteiger partial charge on any atom is 0.338 e. The van der Waals surface area contributed by atoms with Crippen molar-refractivity contribution in [1.29, 1.82) is 0 Å². The number of ether oxygens (including phenoxy) is 1. The number of esters is 1. The number of benzene rings is 1. The van der Waals surface area contributed by atoms with Gasteiger partial charge in [-0.05, 0) is 36.8 Å². The number of carbonyl (C=O) groups excluding carboxylic acids is 1. The van der Waals surface area contributed by atoms with Gasteiger partial charge in [-0.15, -0.1) is 0 Å². The molecule has 0 atom stereocenters. The first-order valence-corrected chi connectivity index (χ1v) is 5.61. The number of carbonyl (C=O) groups is 1. The van der Waals surface area contributed by atoms with Crippen molar-refractivity contribution in [2.24, 2.45) is 7.05 Å². The first-order chi connectivity index (χ1) is 8.22. The lowest BCUT2D eigenvalue weighted by Crippen LogP contribution is -2.04. The van der Waals surface area contributed by atoms with E-state index in [9.17, 15) is 4.79 Å². The fraction of sp³-hybridized carbons (Fsp3) is 0.214. The summed E-state index contributed by atoms with van der Waals surface area (Å²) in [6.45, 7) is 2.20. The highest BCUT2D eigenvalue weighted by Gasteiger charge is 2.07. The average Bonchev–Trinajstić information content (AvgIpc) is 2.76. The molecule has 0 amide bonds. The Hall–Kier alpha value is -2.03. The second-order valence-electron chi connectivity index (χ2n) is 3.80. The SMILES string of the molecule is CCOC(=O)c1ccc(-c2cccn2C)cc1. The van der Waals surface area contributed by atoms with Crippen LogP contribution in [0.4, 0.5) is 0 Å². The van der Waals surface area contributed by atoms with E-state index in [0.29, 0.717) is 12.2 Å². The number of nitrogens with zero attached hydrogens (tertiary/aromatic N) is 1. The van der Waals surface area contributed by atoms with Crippen molar-refractivity contribution in [2.75, 3.05) is 6.61 Å². The van der Waals surface area contributed by atoms with Gasteiger partial charge in [-0.1, -0.05) is 12.1 Å². The van der Waals surface area contributed by atoms with Gasteiger partial charge in [-0.3, -0.25) is 0 Å². The van der Waals surface area contributed by atoms with Crippen molar-refractivity contribution < 1.29 is 9.53 Å². The Bertz CT molecular complexity index is 511. The zero-order valence-electron chi connectivity index (χ0n) is 10.0. The summed E-state index contributed by atoms with van der Waals surface area (Å²) >= 11 is 0. The fourth-order valence-corrected chi connectivity index (χ4v) is 1.75. The van der Waals surface area contributed by atoms with E-state index in [1.165, 1.54) is 0 Å². The molecule has 0 aliphatic heterocycles. The largest absolute Gasteiger partial charge is 0.462 e. The van der Waals surface area contributed by atoms with Crippen LogP contribution >= 0.6 is 0 Å². The number of rotatable bonds is 3. The maximum atomic E-state index is 11.5. The van der Waals surface area contributed by atoms with E-state index in [-0.39, 0.29) is 5.97 Å². The van der Waals surface area contributed by atoms with Crippen LogP contribution in [0.3, 0.4) is 0 Å². The molecule has 1 aromatic carbocycles. The Labute approximate surface area is 101 Å². The Morgan fingerprint density at radius 3 is 2.47 bits per heavy atom. The quantitative estimate of drug-likeness (QED) is 0.758. The van der Waals surface area contributed by atoms with Gasteiger partial charge in [0.2, 0.25) is 0 Å². The van der Waals surface area contributed by atoms with Gasteiger partial charge in [-0.25, -0.2) is 4.79 Å². The van der Waals surface area contributed by atoms with Gasteiger partial charge in [-0.2, -0.15) is 0 Å². The number of aryl methyl sites for hydroxylation is 1. The minimum Gasteiger partial charge on any atom is -0.462 e. The van der Waals surface area contributed by atoms with E-state index in [0.717, 1.165) is 11.3 Å². The van der Waals surface area contributed by atoms with E-state index in [4.69, 9.17) is 4.74 Å². The molecule has 3 heteroatoms. The van der Waals surface area contributed by atoms with Crippen LogP contribution in [0.1, 0.15) is 17.3 Å². The van der Waals surface area contributed by atoms with Gasteiger partial charge >= 0.3 is 5.97 Å². The van der Waals surface area contributed by atoms with E-state index >= 15 is 0 Å². The lowest BCUT2D eigenvalue weighted by Gasteiger charge is -2.05. The van der Waals surface area contributed by atoms with Crippen LogP contribution in [0, 0.1) is 0 Å². The average molecular weight is 229 g/mol. The summed E-state index contributed by atoms with van der Waals surface area (Å²) in [5.74, 6) is -0.272. The second-order valence-corrected chi connectivity index (χ2v) is 3.80. The molecule has 0 bridgehead atoms. The first kappa shape index (κ1) is 11.5. The van der Waals surface area contributed by atoms with Crippen LogP contribution in [-0.4, -0.2) is 17.1 Å². The lowest BCUT2D eigenvalue weighted by atomic mass is 10.1. The monoisotopic (exact) mass is 229 g/mol. The summed E-state index contributed by atoms with van der Waals surface area (Å²) in [6, 6.07) is 11.5. The van der Waals surface area contributed by atoms with Crippen LogP contribution in [0.15, 0.2) is 42.6 Å². The lowest BCUT2D eigenvalue weighted by molar-refractivity contribution is 0.0526. The highest BCUT2D eigenvalue weighted by molar-refractivity contribution is 5.90. The molecule has 17 heavy (non-hydrogen) atoms.